The highest BCUT2D eigenvalue weighted by atomic mass is 79.9. The van der Waals surface area contributed by atoms with E-state index in [2.05, 4.69) is 26.9 Å². The van der Waals surface area contributed by atoms with Crippen LogP contribution in [-0.2, 0) is 11.1 Å². The van der Waals surface area contributed by atoms with E-state index in [0.717, 1.165) is 37.8 Å². The summed E-state index contributed by atoms with van der Waals surface area (Å²) in [7, 11) is -2.97. The zero-order chi connectivity index (χ0) is 22.7. The summed E-state index contributed by atoms with van der Waals surface area (Å²) in [5.74, 6) is 1.50. The molecule has 5 rings (SSSR count). The van der Waals surface area contributed by atoms with Gasteiger partial charge in [0, 0.05) is 21.6 Å². The van der Waals surface area contributed by atoms with Crippen LogP contribution in [0, 0.1) is 0 Å². The molecule has 0 spiro atoms. The lowest BCUT2D eigenvalue weighted by Crippen LogP contribution is -2.31. The highest BCUT2D eigenvalue weighted by Crippen LogP contribution is 2.46. The maximum absolute atomic E-state index is 14.8. The Morgan fingerprint density at radius 2 is 1.36 bits per heavy atom. The molecule has 0 bridgehead atoms. The number of halogens is 1. The Bertz CT molecular complexity index is 1250. The minimum Gasteiger partial charge on any atom is -0.454 e. The SMILES string of the molecule is O=P(CN(Cc1ccc2c(c1)OCO2)c1ccccc1Br)(c1ccccc1)c1ccccc1. The van der Waals surface area contributed by atoms with Crippen molar-refractivity contribution in [3.05, 3.63) is 113 Å². The predicted molar refractivity (Wildman–Crippen MR) is 138 cm³/mol. The van der Waals surface area contributed by atoms with Gasteiger partial charge in [-0.15, -0.1) is 0 Å². The van der Waals surface area contributed by atoms with E-state index >= 15 is 0 Å². The van der Waals surface area contributed by atoms with Crippen LogP contribution in [0.1, 0.15) is 5.56 Å². The van der Waals surface area contributed by atoms with Crippen LogP contribution < -0.4 is 25.0 Å². The molecule has 0 radical (unpaired) electrons. The molecule has 0 aromatic heterocycles. The number of anilines is 1. The van der Waals surface area contributed by atoms with Crippen molar-refractivity contribution in [2.75, 3.05) is 18.0 Å². The third kappa shape index (κ3) is 4.57. The summed E-state index contributed by atoms with van der Waals surface area (Å²) >= 11 is 3.70. The van der Waals surface area contributed by atoms with Gasteiger partial charge >= 0.3 is 0 Å². The van der Waals surface area contributed by atoms with Crippen molar-refractivity contribution in [1.29, 1.82) is 0 Å². The molecule has 0 aliphatic carbocycles. The lowest BCUT2D eigenvalue weighted by molar-refractivity contribution is 0.174. The summed E-state index contributed by atoms with van der Waals surface area (Å²) < 4.78 is 26.8. The van der Waals surface area contributed by atoms with Crippen LogP contribution in [0.4, 0.5) is 5.69 Å². The molecule has 166 valence electrons. The quantitative estimate of drug-likeness (QED) is 0.274. The maximum Gasteiger partial charge on any atom is 0.231 e. The minimum absolute atomic E-state index is 0.240. The van der Waals surface area contributed by atoms with Gasteiger partial charge < -0.3 is 18.9 Å². The van der Waals surface area contributed by atoms with Gasteiger partial charge in [0.2, 0.25) is 6.79 Å². The summed E-state index contributed by atoms with van der Waals surface area (Å²) in [6.45, 7) is 0.812. The third-order valence-electron chi connectivity index (χ3n) is 5.72. The molecule has 0 saturated heterocycles. The molecule has 4 nitrogen and oxygen atoms in total. The fourth-order valence-corrected chi connectivity index (χ4v) is 7.27. The zero-order valence-electron chi connectivity index (χ0n) is 17.9. The number of hydrogen-bond donors (Lipinski definition) is 0. The van der Waals surface area contributed by atoms with Crippen molar-refractivity contribution in [2.24, 2.45) is 0 Å². The normalized spacial score (nSPS) is 12.5. The highest BCUT2D eigenvalue weighted by molar-refractivity contribution is 9.10. The van der Waals surface area contributed by atoms with Gasteiger partial charge in [-0.3, -0.25) is 0 Å². The number of para-hydroxylation sites is 1. The largest absolute Gasteiger partial charge is 0.454 e. The molecule has 0 saturated carbocycles. The summed E-state index contributed by atoms with van der Waals surface area (Å²) in [5, 5.41) is 1.69. The Labute approximate surface area is 202 Å². The maximum atomic E-state index is 14.8. The lowest BCUT2D eigenvalue weighted by atomic mass is 10.2. The Hall–Kier alpha value is -3.01. The first kappa shape index (κ1) is 21.8. The van der Waals surface area contributed by atoms with Crippen molar-refractivity contribution in [2.45, 2.75) is 6.54 Å². The first-order valence-corrected chi connectivity index (χ1v) is 13.4. The molecule has 6 heteroatoms. The van der Waals surface area contributed by atoms with E-state index in [9.17, 15) is 4.57 Å². The standard InChI is InChI=1S/C27H23BrNO3P/c28-24-13-7-8-14-25(24)29(18-21-15-16-26-27(17-21)32-20-31-26)19-33(30,22-9-3-1-4-10-22)23-11-5-2-6-12-23/h1-17H,18-20H2. The van der Waals surface area contributed by atoms with Crippen LogP contribution in [0.2, 0.25) is 0 Å². The van der Waals surface area contributed by atoms with Crippen LogP contribution in [0.5, 0.6) is 11.5 Å². The summed E-state index contributed by atoms with van der Waals surface area (Å²) in [4.78, 5) is 2.18. The fraction of sp³-hybridized carbons (Fsp3) is 0.111. The third-order valence-corrected chi connectivity index (χ3v) is 9.39. The molecule has 1 heterocycles. The van der Waals surface area contributed by atoms with E-state index in [1.165, 1.54) is 0 Å². The molecule has 0 fully saturated rings. The monoisotopic (exact) mass is 519 g/mol. The van der Waals surface area contributed by atoms with Gasteiger partial charge in [0.05, 0.1) is 12.0 Å². The first-order chi connectivity index (χ1) is 16.1. The molecule has 1 aliphatic heterocycles. The van der Waals surface area contributed by atoms with Crippen molar-refractivity contribution in [3.63, 3.8) is 0 Å². The fourth-order valence-electron chi connectivity index (χ4n) is 4.07. The van der Waals surface area contributed by atoms with Crippen molar-refractivity contribution in [1.82, 2.24) is 0 Å². The van der Waals surface area contributed by atoms with Gasteiger partial charge in [-0.1, -0.05) is 78.9 Å². The van der Waals surface area contributed by atoms with Crippen LogP contribution in [0.25, 0.3) is 0 Å². The Morgan fingerprint density at radius 3 is 2.03 bits per heavy atom. The number of hydrogen-bond acceptors (Lipinski definition) is 4. The van der Waals surface area contributed by atoms with Gasteiger partial charge in [0.1, 0.15) is 0 Å². The number of rotatable bonds is 7. The van der Waals surface area contributed by atoms with Gasteiger partial charge in [0.15, 0.2) is 18.6 Å². The molecular formula is C27H23BrNO3P. The van der Waals surface area contributed by atoms with E-state index in [1.807, 2.05) is 97.1 Å². The summed E-state index contributed by atoms with van der Waals surface area (Å²) in [5.41, 5.74) is 2.05. The van der Waals surface area contributed by atoms with Crippen LogP contribution >= 0.6 is 23.1 Å². The van der Waals surface area contributed by atoms with Gasteiger partial charge in [-0.25, -0.2) is 0 Å². The second-order valence-corrected chi connectivity index (χ2v) is 11.5. The average Bonchev–Trinajstić information content (AvgIpc) is 3.33. The molecule has 0 amide bonds. The second kappa shape index (κ2) is 9.46. The molecular weight excluding hydrogens is 497 g/mol. The molecule has 0 atom stereocenters. The molecule has 0 unspecified atom stereocenters. The topological polar surface area (TPSA) is 38.8 Å². The Morgan fingerprint density at radius 1 is 0.758 bits per heavy atom. The summed E-state index contributed by atoms with van der Waals surface area (Å²) in [6.07, 6.45) is 0.359. The average molecular weight is 520 g/mol. The Kier molecular flexibility index (Phi) is 6.26. The van der Waals surface area contributed by atoms with Crippen molar-refractivity contribution in [3.8, 4) is 11.5 Å². The van der Waals surface area contributed by atoms with E-state index in [0.29, 0.717) is 12.8 Å². The van der Waals surface area contributed by atoms with Crippen LogP contribution in [0.3, 0.4) is 0 Å². The van der Waals surface area contributed by atoms with E-state index in [1.54, 1.807) is 0 Å². The molecule has 1 aliphatic rings. The molecule has 4 aromatic carbocycles. The number of benzene rings is 4. The van der Waals surface area contributed by atoms with Gasteiger partial charge in [-0.2, -0.15) is 0 Å². The smallest absolute Gasteiger partial charge is 0.231 e. The van der Waals surface area contributed by atoms with Crippen molar-refractivity contribution >= 4 is 39.4 Å². The minimum atomic E-state index is -2.97. The van der Waals surface area contributed by atoms with Gasteiger partial charge in [-0.05, 0) is 45.8 Å². The lowest BCUT2D eigenvalue weighted by Gasteiger charge is -2.31. The summed E-state index contributed by atoms with van der Waals surface area (Å²) in [6, 6.07) is 33.6. The van der Waals surface area contributed by atoms with E-state index < -0.39 is 7.14 Å². The first-order valence-electron chi connectivity index (χ1n) is 10.7. The molecule has 33 heavy (non-hydrogen) atoms. The van der Waals surface area contributed by atoms with Gasteiger partial charge in [0.25, 0.3) is 0 Å². The molecule has 4 aromatic rings. The second-order valence-electron chi connectivity index (χ2n) is 7.89. The number of nitrogens with zero attached hydrogens (tertiary/aromatic N) is 1. The van der Waals surface area contributed by atoms with E-state index in [4.69, 9.17) is 9.47 Å². The number of fused-ring (bicyclic) bond motifs is 1. The van der Waals surface area contributed by atoms with Crippen LogP contribution in [0.15, 0.2) is 108 Å². The predicted octanol–water partition coefficient (Wildman–Crippen LogP) is 6.16. The zero-order valence-corrected chi connectivity index (χ0v) is 20.4. The van der Waals surface area contributed by atoms with Crippen LogP contribution in [-0.4, -0.2) is 13.1 Å². The van der Waals surface area contributed by atoms with E-state index in [-0.39, 0.29) is 6.79 Å². The Balaban J connectivity index is 1.58. The highest BCUT2D eigenvalue weighted by Gasteiger charge is 2.31. The molecule has 0 N–H and O–H groups in total. The number of ether oxygens (including phenoxy) is 2. The van der Waals surface area contributed by atoms with Crippen molar-refractivity contribution < 1.29 is 14.0 Å².